The Bertz CT molecular complexity index is 339. The molecule has 0 amide bonds. The van der Waals surface area contributed by atoms with Gasteiger partial charge in [-0.15, -0.1) is 6.42 Å². The molecule has 3 nitrogen and oxygen atoms in total. The van der Waals surface area contributed by atoms with Crippen molar-refractivity contribution in [3.05, 3.63) is 23.8 Å². The smallest absolute Gasteiger partial charge is 0.178 e. The minimum atomic E-state index is -0.101. The third-order valence-electron chi connectivity index (χ3n) is 1.47. The second-order valence-corrected chi connectivity index (χ2v) is 2.33. The Kier molecular flexibility index (Phi) is 2.54. The van der Waals surface area contributed by atoms with Crippen molar-refractivity contribution in [1.82, 2.24) is 9.97 Å². The van der Waals surface area contributed by atoms with Crippen LogP contribution in [0.3, 0.4) is 0 Å². The minimum Gasteiger partial charge on any atom is -0.293 e. The molecule has 0 saturated heterocycles. The first kappa shape index (κ1) is 8.41. The summed E-state index contributed by atoms with van der Waals surface area (Å²) < 4.78 is 0. The number of aromatic nitrogens is 2. The van der Waals surface area contributed by atoms with E-state index >= 15 is 0 Å². The highest BCUT2D eigenvalue weighted by molar-refractivity contribution is 5.98. The maximum Gasteiger partial charge on any atom is 0.178 e. The number of terminal acetylenes is 1. The predicted octanol–water partition coefficient (Wildman–Crippen LogP) is 0.991. The molecule has 0 aromatic carbocycles. The van der Waals surface area contributed by atoms with Gasteiger partial charge in [0.15, 0.2) is 5.78 Å². The third kappa shape index (κ3) is 1.67. The van der Waals surface area contributed by atoms with Gasteiger partial charge in [-0.2, -0.15) is 0 Å². The van der Waals surface area contributed by atoms with Gasteiger partial charge in [0.25, 0.3) is 0 Å². The molecule has 0 N–H and O–H groups in total. The lowest BCUT2D eigenvalue weighted by Gasteiger charge is -1.98. The van der Waals surface area contributed by atoms with Gasteiger partial charge in [0.2, 0.25) is 0 Å². The van der Waals surface area contributed by atoms with Crippen molar-refractivity contribution >= 4 is 5.78 Å². The zero-order valence-corrected chi connectivity index (χ0v) is 6.74. The van der Waals surface area contributed by atoms with Crippen LogP contribution in [0.2, 0.25) is 0 Å². The number of hydrogen-bond acceptors (Lipinski definition) is 3. The van der Waals surface area contributed by atoms with Crippen LogP contribution < -0.4 is 0 Å². The van der Waals surface area contributed by atoms with Gasteiger partial charge in [-0.3, -0.25) is 4.79 Å². The lowest BCUT2D eigenvalue weighted by atomic mass is 10.1. The molecule has 12 heavy (non-hydrogen) atoms. The van der Waals surface area contributed by atoms with Crippen LogP contribution in [0.5, 0.6) is 0 Å². The second kappa shape index (κ2) is 3.63. The lowest BCUT2D eigenvalue weighted by molar-refractivity contribution is 0.0997. The number of carbonyl (C=O) groups is 1. The monoisotopic (exact) mass is 160 g/mol. The van der Waals surface area contributed by atoms with Gasteiger partial charge in [0.1, 0.15) is 6.33 Å². The van der Waals surface area contributed by atoms with E-state index in [1.54, 1.807) is 6.92 Å². The first-order valence-electron chi connectivity index (χ1n) is 3.49. The standard InChI is InChI=1S/C9H8N2O/c1-3-4-9(12)8-5-10-6-11-7(8)2/h1,5-6H,4H2,2H3. The highest BCUT2D eigenvalue weighted by atomic mass is 16.1. The van der Waals surface area contributed by atoms with Crippen molar-refractivity contribution in [3.8, 4) is 12.3 Å². The SMILES string of the molecule is C#CCC(=O)c1cncnc1C. The van der Waals surface area contributed by atoms with Crippen LogP contribution in [-0.2, 0) is 0 Å². The Hall–Kier alpha value is -1.69. The topological polar surface area (TPSA) is 42.9 Å². The van der Waals surface area contributed by atoms with E-state index in [1.165, 1.54) is 12.5 Å². The minimum absolute atomic E-state index is 0.101. The van der Waals surface area contributed by atoms with Crippen LogP contribution in [-0.4, -0.2) is 15.8 Å². The number of carbonyl (C=O) groups excluding carboxylic acids is 1. The Labute approximate surface area is 70.9 Å². The van der Waals surface area contributed by atoms with Crippen molar-refractivity contribution in [2.24, 2.45) is 0 Å². The van der Waals surface area contributed by atoms with Crippen molar-refractivity contribution in [2.45, 2.75) is 13.3 Å². The van der Waals surface area contributed by atoms with Crippen LogP contribution in [0.15, 0.2) is 12.5 Å². The molecule has 60 valence electrons. The highest BCUT2D eigenvalue weighted by Gasteiger charge is 2.07. The van der Waals surface area contributed by atoms with Gasteiger partial charge >= 0.3 is 0 Å². The van der Waals surface area contributed by atoms with Gasteiger partial charge < -0.3 is 0 Å². The molecule has 0 saturated carbocycles. The maximum absolute atomic E-state index is 11.2. The third-order valence-corrected chi connectivity index (χ3v) is 1.47. The van der Waals surface area contributed by atoms with Gasteiger partial charge in [-0.25, -0.2) is 9.97 Å². The number of rotatable bonds is 2. The van der Waals surface area contributed by atoms with Crippen LogP contribution in [0.1, 0.15) is 22.5 Å². The summed E-state index contributed by atoms with van der Waals surface area (Å²) >= 11 is 0. The molecule has 0 aliphatic heterocycles. The highest BCUT2D eigenvalue weighted by Crippen LogP contribution is 2.04. The molecule has 3 heteroatoms. The summed E-state index contributed by atoms with van der Waals surface area (Å²) in [5, 5.41) is 0. The van der Waals surface area contributed by atoms with Crippen molar-refractivity contribution in [3.63, 3.8) is 0 Å². The normalized spacial score (nSPS) is 9.00. The number of aryl methyl sites for hydroxylation is 1. The van der Waals surface area contributed by atoms with E-state index in [2.05, 4.69) is 15.9 Å². The average molecular weight is 160 g/mol. The summed E-state index contributed by atoms with van der Waals surface area (Å²) in [6.45, 7) is 1.76. The van der Waals surface area contributed by atoms with Crippen LogP contribution in [0, 0.1) is 19.3 Å². The summed E-state index contributed by atoms with van der Waals surface area (Å²) in [4.78, 5) is 18.9. The Morgan fingerprint density at radius 2 is 2.50 bits per heavy atom. The Balaban J connectivity index is 2.97. The van der Waals surface area contributed by atoms with Gasteiger partial charge in [-0.05, 0) is 6.92 Å². The quantitative estimate of drug-likeness (QED) is 0.478. The number of ketones is 1. The first-order chi connectivity index (χ1) is 5.75. The second-order valence-electron chi connectivity index (χ2n) is 2.33. The Morgan fingerprint density at radius 1 is 1.75 bits per heavy atom. The van der Waals surface area contributed by atoms with Crippen molar-refractivity contribution in [1.29, 1.82) is 0 Å². The van der Waals surface area contributed by atoms with Crippen LogP contribution in [0.4, 0.5) is 0 Å². The predicted molar refractivity (Wildman–Crippen MR) is 44.5 cm³/mol. The lowest BCUT2D eigenvalue weighted by Crippen LogP contribution is -2.02. The summed E-state index contributed by atoms with van der Waals surface area (Å²) in [7, 11) is 0. The zero-order chi connectivity index (χ0) is 8.97. The van der Waals surface area contributed by atoms with Gasteiger partial charge in [-0.1, -0.05) is 5.92 Å². The van der Waals surface area contributed by atoms with Gasteiger partial charge in [0, 0.05) is 6.20 Å². The average Bonchev–Trinajstić information content (AvgIpc) is 2.05. The largest absolute Gasteiger partial charge is 0.293 e. The molecule has 1 heterocycles. The van der Waals surface area contributed by atoms with E-state index in [9.17, 15) is 4.79 Å². The number of nitrogens with zero attached hydrogens (tertiary/aromatic N) is 2. The Morgan fingerprint density at radius 3 is 3.08 bits per heavy atom. The first-order valence-corrected chi connectivity index (χ1v) is 3.49. The van der Waals surface area contributed by atoms with Crippen molar-refractivity contribution in [2.75, 3.05) is 0 Å². The molecule has 1 rings (SSSR count). The molecule has 1 aromatic rings. The van der Waals surface area contributed by atoms with Crippen molar-refractivity contribution < 1.29 is 4.79 Å². The molecule has 0 fully saturated rings. The summed E-state index contributed by atoms with van der Waals surface area (Å²) in [6, 6.07) is 0. The molecule has 0 spiro atoms. The molecule has 0 aliphatic carbocycles. The van der Waals surface area contributed by atoms with E-state index in [-0.39, 0.29) is 12.2 Å². The van der Waals surface area contributed by atoms with E-state index < -0.39 is 0 Å². The molecule has 0 atom stereocenters. The van der Waals surface area contributed by atoms with E-state index in [0.717, 1.165) is 0 Å². The van der Waals surface area contributed by atoms with E-state index in [0.29, 0.717) is 11.3 Å². The summed E-state index contributed by atoms with van der Waals surface area (Å²) in [5.74, 6) is 2.19. The summed E-state index contributed by atoms with van der Waals surface area (Å²) in [6.07, 6.45) is 8.00. The molecule has 1 aromatic heterocycles. The molecular weight excluding hydrogens is 152 g/mol. The molecular formula is C9H8N2O. The van der Waals surface area contributed by atoms with Gasteiger partial charge in [0.05, 0.1) is 17.7 Å². The number of hydrogen-bond donors (Lipinski definition) is 0. The van der Waals surface area contributed by atoms with E-state index in [1.807, 2.05) is 0 Å². The fourth-order valence-corrected chi connectivity index (χ4v) is 0.852. The summed E-state index contributed by atoms with van der Waals surface area (Å²) in [5.41, 5.74) is 1.18. The van der Waals surface area contributed by atoms with E-state index in [4.69, 9.17) is 6.42 Å². The van der Waals surface area contributed by atoms with Crippen LogP contribution in [0.25, 0.3) is 0 Å². The molecule has 0 radical (unpaired) electrons. The maximum atomic E-state index is 11.2. The van der Waals surface area contributed by atoms with Crippen LogP contribution >= 0.6 is 0 Å². The molecule has 0 unspecified atom stereocenters. The molecule has 0 aliphatic rings. The zero-order valence-electron chi connectivity index (χ0n) is 6.74. The molecule has 0 bridgehead atoms. The fourth-order valence-electron chi connectivity index (χ4n) is 0.852. The fraction of sp³-hybridized carbons (Fsp3) is 0.222. The number of Topliss-reactive ketones (excluding diaryl/α,β-unsaturated/α-hetero) is 1.